The molecule has 0 aliphatic carbocycles. The number of alkyl halides is 2. The topological polar surface area (TPSA) is 98.6 Å². The van der Waals surface area contributed by atoms with Crippen LogP contribution in [0.5, 0.6) is 5.75 Å². The summed E-state index contributed by atoms with van der Waals surface area (Å²) in [5.41, 5.74) is 2.07. The average molecular weight is 532 g/mol. The highest BCUT2D eigenvalue weighted by atomic mass is 35.5. The van der Waals surface area contributed by atoms with Crippen LogP contribution in [0.25, 0.3) is 11.1 Å². The molecular formula is C25H24ClF2N5O4. The number of benzene rings is 1. The fourth-order valence-corrected chi connectivity index (χ4v) is 4.57. The van der Waals surface area contributed by atoms with Crippen LogP contribution in [0.15, 0.2) is 48.9 Å². The molecule has 1 N–H and O–H groups in total. The van der Waals surface area contributed by atoms with Gasteiger partial charge in [-0.1, -0.05) is 23.7 Å². The molecule has 2 amide bonds. The zero-order valence-electron chi connectivity index (χ0n) is 19.6. The van der Waals surface area contributed by atoms with E-state index in [2.05, 4.69) is 15.4 Å². The van der Waals surface area contributed by atoms with Crippen LogP contribution in [-0.2, 0) is 17.8 Å². The first kappa shape index (κ1) is 24.9. The molecule has 2 fully saturated rings. The summed E-state index contributed by atoms with van der Waals surface area (Å²) in [6.07, 6.45) is 2.47. The number of carbonyl (C=O) groups is 2. The fourth-order valence-electron chi connectivity index (χ4n) is 4.44. The molecule has 0 bridgehead atoms. The van der Waals surface area contributed by atoms with Crippen molar-refractivity contribution in [1.82, 2.24) is 25.0 Å². The minimum absolute atomic E-state index is 0.0764. The fraction of sp³-hybridized carbons (Fsp3) is 0.360. The molecule has 9 nitrogen and oxygen atoms in total. The predicted octanol–water partition coefficient (Wildman–Crippen LogP) is 4.16. The molecule has 37 heavy (non-hydrogen) atoms. The number of rotatable bonds is 8. The van der Waals surface area contributed by atoms with Crippen LogP contribution in [-0.4, -0.2) is 63.4 Å². The minimum Gasteiger partial charge on any atom is -0.489 e. The van der Waals surface area contributed by atoms with Gasteiger partial charge in [0.05, 0.1) is 12.2 Å². The quantitative estimate of drug-likeness (QED) is 0.469. The Morgan fingerprint density at radius 2 is 2.08 bits per heavy atom. The Morgan fingerprint density at radius 3 is 2.86 bits per heavy atom. The van der Waals surface area contributed by atoms with E-state index in [1.165, 1.54) is 18.6 Å². The molecule has 0 radical (unpaired) electrons. The number of halogens is 3. The lowest BCUT2D eigenvalue weighted by Crippen LogP contribution is -2.44. The van der Waals surface area contributed by atoms with Crippen molar-refractivity contribution in [2.24, 2.45) is 0 Å². The number of nitrogens with one attached hydrogen (secondary N) is 1. The van der Waals surface area contributed by atoms with Gasteiger partial charge in [-0.15, -0.1) is 0 Å². The third-order valence-corrected chi connectivity index (χ3v) is 6.58. The van der Waals surface area contributed by atoms with Crippen molar-refractivity contribution in [2.45, 2.75) is 44.5 Å². The van der Waals surface area contributed by atoms with Crippen molar-refractivity contribution in [1.29, 1.82) is 0 Å². The van der Waals surface area contributed by atoms with E-state index in [1.807, 2.05) is 12.1 Å². The van der Waals surface area contributed by atoms with E-state index in [1.54, 1.807) is 23.1 Å². The molecular weight excluding hydrogens is 508 g/mol. The van der Waals surface area contributed by atoms with E-state index in [-0.39, 0.29) is 30.5 Å². The zero-order chi connectivity index (χ0) is 25.9. The normalized spacial score (nSPS) is 19.0. The van der Waals surface area contributed by atoms with Gasteiger partial charge in [-0.2, -0.15) is 5.10 Å². The molecule has 1 aromatic carbocycles. The second-order valence-corrected chi connectivity index (χ2v) is 9.34. The Morgan fingerprint density at radius 1 is 1.27 bits per heavy atom. The van der Waals surface area contributed by atoms with E-state index in [0.717, 1.165) is 10.2 Å². The van der Waals surface area contributed by atoms with Gasteiger partial charge in [0.25, 0.3) is 12.3 Å². The smallest absolute Gasteiger partial charge is 0.410 e. The maximum Gasteiger partial charge on any atom is 0.410 e. The molecule has 5 rings (SSSR count). The van der Waals surface area contributed by atoms with Crippen LogP contribution in [0.1, 0.15) is 28.9 Å². The number of cyclic esters (lactones) is 1. The Balaban J connectivity index is 1.37. The zero-order valence-corrected chi connectivity index (χ0v) is 20.4. The number of carbonyl (C=O) groups excluding carboxylic acids is 2. The molecule has 2 aromatic heterocycles. The first-order valence-corrected chi connectivity index (χ1v) is 12.2. The van der Waals surface area contributed by atoms with Gasteiger partial charge in [-0.3, -0.25) is 14.5 Å². The summed E-state index contributed by atoms with van der Waals surface area (Å²) in [4.78, 5) is 30.7. The van der Waals surface area contributed by atoms with Crippen LogP contribution >= 0.6 is 11.6 Å². The summed E-state index contributed by atoms with van der Waals surface area (Å²) >= 11 is 5.92. The van der Waals surface area contributed by atoms with Gasteiger partial charge >= 0.3 is 6.09 Å². The molecule has 2 aliphatic rings. The number of hydrogen-bond acceptors (Lipinski definition) is 6. The van der Waals surface area contributed by atoms with Crippen molar-refractivity contribution in [2.75, 3.05) is 13.2 Å². The maximum absolute atomic E-state index is 12.9. The largest absolute Gasteiger partial charge is 0.489 e. The number of nitrogens with zero attached hydrogens (tertiary/aromatic N) is 4. The van der Waals surface area contributed by atoms with Crippen LogP contribution in [0.3, 0.4) is 0 Å². The van der Waals surface area contributed by atoms with Crippen molar-refractivity contribution < 1.29 is 27.8 Å². The number of piperidine rings is 1. The highest BCUT2D eigenvalue weighted by molar-refractivity contribution is 6.30. The molecule has 194 valence electrons. The van der Waals surface area contributed by atoms with E-state index in [9.17, 15) is 18.4 Å². The van der Waals surface area contributed by atoms with Crippen LogP contribution in [0.2, 0.25) is 5.02 Å². The lowest BCUT2D eigenvalue weighted by atomic mass is 10.0. The second-order valence-electron chi connectivity index (χ2n) is 8.91. The number of amides is 2. The predicted molar refractivity (Wildman–Crippen MR) is 130 cm³/mol. The van der Waals surface area contributed by atoms with Gasteiger partial charge in [0, 0.05) is 60.5 Å². The van der Waals surface area contributed by atoms with E-state index < -0.39 is 18.9 Å². The van der Waals surface area contributed by atoms with Gasteiger partial charge in [-0.25, -0.2) is 13.6 Å². The second kappa shape index (κ2) is 10.7. The summed E-state index contributed by atoms with van der Waals surface area (Å²) in [6.45, 7) is 0.545. The van der Waals surface area contributed by atoms with Crippen molar-refractivity contribution in [3.05, 3.63) is 65.2 Å². The molecule has 0 saturated carbocycles. The van der Waals surface area contributed by atoms with E-state index in [0.29, 0.717) is 47.9 Å². The highest BCUT2D eigenvalue weighted by Crippen LogP contribution is 2.34. The molecule has 0 unspecified atom stereocenters. The molecule has 4 heterocycles. The Bertz CT molecular complexity index is 1290. The number of hydrogen-bond donors (Lipinski definition) is 1. The Hall–Kier alpha value is -3.73. The molecule has 2 saturated heterocycles. The summed E-state index contributed by atoms with van der Waals surface area (Å²) in [5.74, 6) is -0.0173. The van der Waals surface area contributed by atoms with Gasteiger partial charge in [0.2, 0.25) is 0 Å². The van der Waals surface area contributed by atoms with Gasteiger partial charge < -0.3 is 19.7 Å². The van der Waals surface area contributed by atoms with Crippen molar-refractivity contribution in [3.8, 4) is 16.9 Å². The summed E-state index contributed by atoms with van der Waals surface area (Å²) in [5, 5.41) is 7.43. The number of pyridine rings is 1. The minimum atomic E-state index is -2.55. The van der Waals surface area contributed by atoms with E-state index >= 15 is 0 Å². The van der Waals surface area contributed by atoms with Crippen LogP contribution in [0, 0.1) is 0 Å². The Kier molecular flexibility index (Phi) is 7.22. The van der Waals surface area contributed by atoms with Crippen molar-refractivity contribution >= 4 is 23.6 Å². The maximum atomic E-state index is 12.9. The lowest BCUT2D eigenvalue weighted by molar-refractivity contribution is 0.0915. The molecule has 12 heteroatoms. The molecule has 2 atom stereocenters. The summed E-state index contributed by atoms with van der Waals surface area (Å²) in [7, 11) is 0. The number of fused-ring (bicyclic) bond motifs is 1. The third-order valence-electron chi connectivity index (χ3n) is 6.33. The van der Waals surface area contributed by atoms with Gasteiger partial charge in [0.15, 0.2) is 0 Å². The lowest BCUT2D eigenvalue weighted by Gasteiger charge is -2.32. The third kappa shape index (κ3) is 5.82. The average Bonchev–Trinajstić information content (AvgIpc) is 3.49. The summed E-state index contributed by atoms with van der Waals surface area (Å²) in [6, 6.07) is 8.57. The standard InChI is InChI=1S/C25H24ClF2N5O4/c26-17-3-1-15(2-4-17)9-30-24(34)21-8-22(37-19-5-6-33-18(7-19)14-36-25(33)35)20(11-29-21)16-10-31-32(12-16)13-23(27)28/h1-4,8,10-12,18-19,23H,5-7,9,13-14H2,(H,30,34)/t18-,19-/m0/s1. The highest BCUT2D eigenvalue weighted by Gasteiger charge is 2.39. The van der Waals surface area contributed by atoms with Gasteiger partial charge in [-0.05, 0) is 17.7 Å². The van der Waals surface area contributed by atoms with Crippen LogP contribution in [0.4, 0.5) is 13.6 Å². The number of aromatic nitrogens is 3. The Labute approximate surface area is 216 Å². The number of ether oxygens (including phenoxy) is 2. The first-order chi connectivity index (χ1) is 17.9. The first-order valence-electron chi connectivity index (χ1n) is 11.8. The molecule has 2 aliphatic heterocycles. The SMILES string of the molecule is O=C(NCc1ccc(Cl)cc1)c1cc(O[C@H]2CCN3C(=O)OC[C@@H]3C2)c(-c2cnn(CC(F)F)c2)cn1. The summed E-state index contributed by atoms with van der Waals surface area (Å²) < 4.78 is 38.3. The van der Waals surface area contributed by atoms with Gasteiger partial charge in [0.1, 0.15) is 30.7 Å². The molecule has 3 aromatic rings. The molecule has 0 spiro atoms. The van der Waals surface area contributed by atoms with Crippen LogP contribution < -0.4 is 10.1 Å². The monoisotopic (exact) mass is 531 g/mol. The van der Waals surface area contributed by atoms with Crippen molar-refractivity contribution in [3.63, 3.8) is 0 Å². The van der Waals surface area contributed by atoms with E-state index in [4.69, 9.17) is 21.1 Å².